The highest BCUT2D eigenvalue weighted by molar-refractivity contribution is 5.89. The Morgan fingerprint density at radius 2 is 1.19 bits per heavy atom. The largest absolute Gasteiger partial charge is 0.463 e. The van der Waals surface area contributed by atoms with Crippen LogP contribution in [0.5, 0.6) is 0 Å². The zero-order valence-electron chi connectivity index (χ0n) is 57.7. The van der Waals surface area contributed by atoms with Crippen LogP contribution in [0.2, 0.25) is 0 Å². The van der Waals surface area contributed by atoms with E-state index in [9.17, 15) is 58.3 Å². The monoisotopic (exact) mass is 1450 g/mol. The maximum Gasteiger partial charge on any atom is 0.407 e. The molecule has 4 heterocycles. The maximum atomic E-state index is 15.2. The molecule has 4 aromatic carbocycles. The van der Waals surface area contributed by atoms with Gasteiger partial charge in [-0.1, -0.05) is 102 Å². The third-order valence-electron chi connectivity index (χ3n) is 16.9. The van der Waals surface area contributed by atoms with Crippen LogP contribution in [-0.2, 0) is 135 Å². The number of nitrogens with one attached hydrogen (secondary N) is 2. The summed E-state index contributed by atoms with van der Waals surface area (Å²) in [6.45, 7) is 6.14. The fraction of sp³-hybridized carbons (Fsp3) is 0.486. The summed E-state index contributed by atoms with van der Waals surface area (Å²) >= 11 is 0. The van der Waals surface area contributed by atoms with Crippen LogP contribution in [-0.4, -0.2) is 208 Å². The Morgan fingerprint density at radius 3 is 1.78 bits per heavy atom. The first kappa shape index (κ1) is 77.5. The molecule has 5 aliphatic rings. The van der Waals surface area contributed by atoms with Gasteiger partial charge in [0, 0.05) is 66.2 Å². The molecule has 4 fully saturated rings. The lowest BCUT2D eigenvalue weighted by molar-refractivity contribution is -0.401. The number of carbonyl (C=O) groups excluding carboxylic acids is 12. The fourth-order valence-corrected chi connectivity index (χ4v) is 12.7. The highest BCUT2D eigenvalue weighted by Crippen LogP contribution is 2.47. The van der Waals surface area contributed by atoms with Crippen molar-refractivity contribution in [3.8, 4) is 11.1 Å². The van der Waals surface area contributed by atoms with Gasteiger partial charge in [0.15, 0.2) is 49.1 Å². The highest BCUT2D eigenvalue weighted by Gasteiger charge is 2.67. The predicted octanol–water partition coefficient (Wildman–Crippen LogP) is 4.50. The molecule has 18 atom stereocenters. The third-order valence-corrected chi connectivity index (χ3v) is 16.9. The predicted molar refractivity (Wildman–Crippen MR) is 346 cm³/mol. The number of nitrogens with zero attached hydrogens (tertiary/aromatic N) is 3. The molecule has 34 nitrogen and oxygen atoms in total. The van der Waals surface area contributed by atoms with Gasteiger partial charge in [0.25, 0.3) is 5.79 Å². The van der Waals surface area contributed by atoms with Gasteiger partial charge >= 0.3 is 65.8 Å². The number of carbonyl (C=O) groups is 12. The van der Waals surface area contributed by atoms with Crippen molar-refractivity contribution in [1.82, 2.24) is 10.6 Å². The van der Waals surface area contributed by atoms with E-state index in [1.165, 1.54) is 31.2 Å². The molecule has 4 aliphatic heterocycles. The molecular weight excluding hydrogens is 1370 g/mol. The first-order valence-electron chi connectivity index (χ1n) is 32.8. The normalized spacial score (nSPS) is 26.3. The number of amides is 2. The molecule has 34 heteroatoms. The summed E-state index contributed by atoms with van der Waals surface area (Å²) in [4.78, 5) is 165. The zero-order chi connectivity index (χ0) is 75.1. The first-order valence-corrected chi connectivity index (χ1v) is 32.8. The van der Waals surface area contributed by atoms with Gasteiger partial charge in [0.1, 0.15) is 75.7 Å². The molecule has 4 saturated heterocycles. The van der Waals surface area contributed by atoms with Gasteiger partial charge in [-0.15, -0.1) is 0 Å². The molecule has 2 N–H and O–H groups in total. The van der Waals surface area contributed by atoms with Gasteiger partial charge in [-0.25, -0.2) is 19.2 Å². The third kappa shape index (κ3) is 19.4. The van der Waals surface area contributed by atoms with Crippen LogP contribution in [0, 0.1) is 0 Å². The number of alkyl carbamates (subject to hydrolysis) is 1. The van der Waals surface area contributed by atoms with Gasteiger partial charge in [0.2, 0.25) is 5.91 Å². The molecule has 0 bridgehead atoms. The van der Waals surface area contributed by atoms with E-state index in [0.717, 1.165) is 77.6 Å². The number of benzene rings is 4. The smallest absolute Gasteiger partial charge is 0.407 e. The van der Waals surface area contributed by atoms with Crippen LogP contribution < -0.4 is 10.6 Å². The van der Waals surface area contributed by atoms with Crippen molar-refractivity contribution >= 4 is 71.7 Å². The molecular formula is C70H77N5O29. The van der Waals surface area contributed by atoms with Crippen molar-refractivity contribution < 1.29 is 138 Å². The molecule has 4 aromatic rings. The maximum absolute atomic E-state index is 15.2. The van der Waals surface area contributed by atoms with E-state index < -0.39 is 214 Å². The molecule has 0 saturated carbocycles. The molecule has 556 valence electrons. The second-order valence-electron chi connectivity index (χ2n) is 24.6. The van der Waals surface area contributed by atoms with E-state index in [1.54, 1.807) is 36.4 Å². The summed E-state index contributed by atoms with van der Waals surface area (Å²) in [6, 6.07) is 25.3. The van der Waals surface area contributed by atoms with Crippen LogP contribution in [0.4, 0.5) is 4.79 Å². The number of rotatable bonds is 27. The highest BCUT2D eigenvalue weighted by atomic mass is 16.8. The fourth-order valence-electron chi connectivity index (χ4n) is 12.7. The molecule has 1 spiro atoms. The van der Waals surface area contributed by atoms with Crippen molar-refractivity contribution in [1.29, 1.82) is 0 Å². The lowest BCUT2D eigenvalue weighted by Gasteiger charge is -2.55. The number of hydrogen-bond acceptors (Lipinski definition) is 30. The van der Waals surface area contributed by atoms with Gasteiger partial charge in [-0.3, -0.25) is 38.4 Å². The summed E-state index contributed by atoms with van der Waals surface area (Å²) in [5.41, 5.74) is 14.5. The average molecular weight is 1450 g/mol. The summed E-state index contributed by atoms with van der Waals surface area (Å²) < 4.78 is 103. The van der Waals surface area contributed by atoms with E-state index in [-0.39, 0.29) is 18.8 Å². The minimum absolute atomic E-state index is 0.147. The first-order chi connectivity index (χ1) is 49.6. The molecule has 2 amide bonds. The zero-order valence-corrected chi connectivity index (χ0v) is 57.7. The molecule has 104 heavy (non-hydrogen) atoms. The topological polar surface area (TPSA) is 435 Å². The summed E-state index contributed by atoms with van der Waals surface area (Å²) in [5, 5.41) is 9.09. The van der Waals surface area contributed by atoms with Gasteiger partial charge < -0.3 is 91.2 Å². The summed E-state index contributed by atoms with van der Waals surface area (Å²) in [5.74, 6) is -15.0. The quantitative estimate of drug-likeness (QED) is 0.0273. The van der Waals surface area contributed by atoms with Crippen LogP contribution in [0.3, 0.4) is 0 Å². The Labute approximate surface area is 593 Å². The average Bonchev–Trinajstić information content (AvgIpc) is 0.949. The second-order valence-corrected chi connectivity index (χ2v) is 24.6. The van der Waals surface area contributed by atoms with Gasteiger partial charge in [-0.2, -0.15) is 0 Å². The van der Waals surface area contributed by atoms with Crippen molar-refractivity contribution in [2.45, 2.75) is 191 Å². The van der Waals surface area contributed by atoms with Crippen molar-refractivity contribution in [3.05, 3.63) is 142 Å². The van der Waals surface area contributed by atoms with Crippen molar-refractivity contribution in [2.24, 2.45) is 5.11 Å². The molecule has 0 radical (unpaired) electrons. The van der Waals surface area contributed by atoms with E-state index in [4.69, 9.17) is 80.5 Å². The number of ether oxygens (including phenoxy) is 17. The van der Waals surface area contributed by atoms with Crippen LogP contribution in [0.15, 0.2) is 114 Å². The van der Waals surface area contributed by atoms with Gasteiger partial charge in [0.05, 0.1) is 24.1 Å². The van der Waals surface area contributed by atoms with E-state index >= 15 is 4.79 Å². The number of fused-ring (bicyclic) bond motifs is 4. The van der Waals surface area contributed by atoms with Crippen molar-refractivity contribution in [3.63, 3.8) is 0 Å². The molecule has 9 rings (SSSR count). The Bertz CT molecular complexity index is 3830. The lowest BCUT2D eigenvalue weighted by atomic mass is 9.86. The van der Waals surface area contributed by atoms with Crippen molar-refractivity contribution in [2.75, 3.05) is 26.4 Å². The lowest BCUT2D eigenvalue weighted by Crippen LogP contribution is -2.75. The van der Waals surface area contributed by atoms with Gasteiger partial charge in [-0.05, 0) is 52.4 Å². The Kier molecular flexibility index (Phi) is 26.1. The molecule has 1 aliphatic carbocycles. The Hall–Kier alpha value is -10.6. The number of azide groups is 1. The van der Waals surface area contributed by atoms with Crippen LogP contribution in [0.25, 0.3) is 21.6 Å². The van der Waals surface area contributed by atoms with Crippen LogP contribution in [0.1, 0.15) is 102 Å². The van der Waals surface area contributed by atoms with E-state index in [0.29, 0.717) is 5.56 Å². The van der Waals surface area contributed by atoms with E-state index in [2.05, 4.69) is 20.7 Å². The minimum Gasteiger partial charge on any atom is -0.463 e. The van der Waals surface area contributed by atoms with E-state index in [1.807, 2.05) is 48.5 Å². The SMILES string of the molecule is CC(=O)N[C@H]1[C@H]([C@H](OC(C)=O)[C@@H](COC(C)=O)OC(C)=O)O[C@@]2(C[C@@H]1OC(C)=O)O[C@H]1[C@@H](OC2=O)[C@@H](COC(C)=O)O[C@@H](O[C@@H]2[C@@H](N=[N+]=[N-])[C@@H](O[C@H](C)[C@H](NC(=O)OCC3c4ccccc4-c4ccccc43)C(=O)OCc3ccccc3)O[C@H](COC(C)=O)[C@@H]2OC(C)=O)[C@@H]1OC(=O)c1ccccc1. The number of hydrogen-bond donors (Lipinski definition) is 2. The number of esters is 10. The second kappa shape index (κ2) is 35.0. The molecule has 0 unspecified atom stereocenters. The summed E-state index contributed by atoms with van der Waals surface area (Å²) in [7, 11) is 0. The summed E-state index contributed by atoms with van der Waals surface area (Å²) in [6.07, 6.45) is -29.4. The Morgan fingerprint density at radius 1 is 0.606 bits per heavy atom. The van der Waals surface area contributed by atoms with Crippen LogP contribution >= 0.6 is 0 Å². The molecule has 0 aromatic heterocycles. The minimum atomic E-state index is -3.02. The Balaban J connectivity index is 1.14. The standard InChI is InChI=1S/C70H77N5O29/c1-34(54(65(85)91-29-43-20-12-10-13-21-43)73-69(87)92-30-49-47-26-18-16-24-45(47)46-25-17-19-27-48(46)49)93-66-56(74-75-71)60(57(96-41(8)82)52(98-66)32-89-37(4)78)101-67-63(100-64(84)44-22-14-11-15-23-44)62-59(53(99-67)33-90-38(5)79)102-68(86)70(104-62)28-50(94-39(6)80)55(72-35(2)76)61(103-70)58(97-42(9)83)51(95-40(7)81)31-88-36(3)77/h10-27,34,49-63,66-67H,28-33H2,1-9H3,(H,72,76)(H,73,87)/t34-,50+,51-,52-,53-,54+,55-,56-,57+,58-,59+,60-,61-,62+,63-,66+,67+,70+/m1/s1.